The number of carbonyl (C=O) groups excluding carboxylic acids is 1. The minimum absolute atomic E-state index is 0.273. The summed E-state index contributed by atoms with van der Waals surface area (Å²) in [6.45, 7) is -0.468. The lowest BCUT2D eigenvalue weighted by Gasteiger charge is -2.44. The summed E-state index contributed by atoms with van der Waals surface area (Å²) >= 11 is 0. The van der Waals surface area contributed by atoms with Gasteiger partial charge >= 0.3 is 12.4 Å². The molecule has 3 aliphatic heterocycles. The van der Waals surface area contributed by atoms with Crippen molar-refractivity contribution in [3.8, 4) is 0 Å². The highest BCUT2D eigenvalue weighted by atomic mass is 19.4. The van der Waals surface area contributed by atoms with Gasteiger partial charge in [-0.3, -0.25) is 4.79 Å². The molecule has 3 heterocycles. The summed E-state index contributed by atoms with van der Waals surface area (Å²) in [5, 5.41) is 2.31. The van der Waals surface area contributed by atoms with Gasteiger partial charge in [-0.15, -0.1) is 0 Å². The van der Waals surface area contributed by atoms with E-state index in [4.69, 9.17) is 9.47 Å². The second-order valence-electron chi connectivity index (χ2n) is 10.0. The summed E-state index contributed by atoms with van der Waals surface area (Å²) in [7, 11) is 0. The van der Waals surface area contributed by atoms with E-state index in [0.717, 1.165) is 0 Å². The van der Waals surface area contributed by atoms with E-state index in [0.29, 0.717) is 5.56 Å². The van der Waals surface area contributed by atoms with Crippen molar-refractivity contribution in [3.05, 3.63) is 35.9 Å². The van der Waals surface area contributed by atoms with E-state index in [1.54, 1.807) is 30.3 Å². The topological polar surface area (TPSA) is 71.6 Å². The van der Waals surface area contributed by atoms with Crippen LogP contribution >= 0.6 is 0 Å². The maximum absolute atomic E-state index is 15.0. The predicted octanol–water partition coefficient (Wildman–Crippen LogP) is 4.75. The van der Waals surface area contributed by atoms with Crippen LogP contribution in [-0.2, 0) is 20.9 Å². The van der Waals surface area contributed by atoms with Crippen LogP contribution < -0.4 is 16.2 Å². The molecule has 3 fully saturated rings. The summed E-state index contributed by atoms with van der Waals surface area (Å²) in [6, 6.07) is 4.56. The van der Waals surface area contributed by atoms with Crippen molar-refractivity contribution in [2.75, 3.05) is 0 Å². The Balaban J connectivity index is 1.65. The lowest BCUT2D eigenvalue weighted by Crippen LogP contribution is -2.63. The van der Waals surface area contributed by atoms with E-state index >= 15 is 8.78 Å². The van der Waals surface area contributed by atoms with Crippen LogP contribution in [0.25, 0.3) is 0 Å². The Hall–Kier alpha value is -1.87. The molecule has 4 rings (SSSR count). The number of fused-ring (bicyclic) bond motifs is 5. The van der Waals surface area contributed by atoms with Crippen LogP contribution in [0.2, 0.25) is 0 Å². The number of hydrazine groups is 1. The highest BCUT2D eigenvalue weighted by molar-refractivity contribution is 5.78. The maximum Gasteiger partial charge on any atom is 0.421 e. The van der Waals surface area contributed by atoms with Gasteiger partial charge in [0.25, 0.3) is 5.92 Å². The van der Waals surface area contributed by atoms with Crippen molar-refractivity contribution >= 4 is 5.78 Å². The van der Waals surface area contributed by atoms with Crippen LogP contribution in [0, 0.1) is 5.92 Å². The van der Waals surface area contributed by atoms with Gasteiger partial charge in [0.2, 0.25) is 5.60 Å². The number of piperidine rings is 1. The first kappa shape index (κ1) is 29.1. The van der Waals surface area contributed by atoms with Gasteiger partial charge in [-0.1, -0.05) is 30.3 Å². The largest absolute Gasteiger partial charge is 0.421 e. The third kappa shape index (κ3) is 6.14. The first-order valence-electron chi connectivity index (χ1n) is 12.4. The summed E-state index contributed by atoms with van der Waals surface area (Å²) in [4.78, 5) is 12.5. The molecule has 0 saturated carbocycles. The summed E-state index contributed by atoms with van der Waals surface area (Å²) < 4.78 is 126. The molecule has 3 aliphatic rings. The van der Waals surface area contributed by atoms with Gasteiger partial charge in [0.15, 0.2) is 6.23 Å². The number of rotatable bonds is 3. The zero-order chi connectivity index (χ0) is 27.8. The molecule has 38 heavy (non-hydrogen) atoms. The average molecular weight is 559 g/mol. The molecular weight excluding hydrogens is 530 g/mol. The minimum atomic E-state index is -5.04. The van der Waals surface area contributed by atoms with Crippen LogP contribution in [0.3, 0.4) is 0 Å². The van der Waals surface area contributed by atoms with Gasteiger partial charge in [-0.25, -0.2) is 19.6 Å². The Morgan fingerprint density at radius 2 is 1.68 bits per heavy atom. The van der Waals surface area contributed by atoms with Gasteiger partial charge in [-0.05, 0) is 31.2 Å². The van der Waals surface area contributed by atoms with E-state index in [1.165, 1.54) is 0 Å². The van der Waals surface area contributed by atoms with Gasteiger partial charge in [0.1, 0.15) is 12.0 Å². The minimum Gasteiger partial charge on any atom is -0.357 e. The number of hydrogen-bond acceptors (Lipinski definition) is 6. The second kappa shape index (κ2) is 11.0. The van der Waals surface area contributed by atoms with Gasteiger partial charge in [-0.2, -0.15) is 26.3 Å². The van der Waals surface area contributed by atoms with Gasteiger partial charge in [0, 0.05) is 25.3 Å². The fourth-order valence-corrected chi connectivity index (χ4v) is 5.32. The van der Waals surface area contributed by atoms with Crippen LogP contribution in [0.15, 0.2) is 30.3 Å². The number of ether oxygens (including phenoxy) is 2. The number of hydrogen-bond donors (Lipinski definition) is 3. The number of Topliss-reactive ketones (excluding diaryl/α,β-unsaturated/α-hetero) is 1. The van der Waals surface area contributed by atoms with Crippen molar-refractivity contribution in [2.45, 2.75) is 100.0 Å². The summed E-state index contributed by atoms with van der Waals surface area (Å²) in [5.74, 6) is -6.92. The monoisotopic (exact) mass is 559 g/mol. The maximum atomic E-state index is 15.0. The Bertz CT molecular complexity index is 961. The summed E-state index contributed by atoms with van der Waals surface area (Å²) in [5.41, 5.74) is 2.25. The van der Waals surface area contributed by atoms with Crippen LogP contribution in [0.1, 0.15) is 50.5 Å². The SMILES string of the molecule is O=C1CCCC(F)(F)C2NC(CCC2C(F)(F)F)C2NNC(O2)[C@@](OCc2ccccc2)(C(F)(F)F)CC1. The smallest absolute Gasteiger partial charge is 0.357 e. The molecule has 1 aromatic carbocycles. The van der Waals surface area contributed by atoms with E-state index in [1.807, 2.05) is 0 Å². The highest BCUT2D eigenvalue weighted by Gasteiger charge is 2.64. The third-order valence-electron chi connectivity index (χ3n) is 7.45. The van der Waals surface area contributed by atoms with Crippen LogP contribution in [0.4, 0.5) is 35.1 Å². The molecule has 14 heteroatoms. The number of benzene rings is 1. The normalized spacial score (nSPS) is 35.1. The molecule has 3 saturated heterocycles. The molecule has 6 nitrogen and oxygen atoms in total. The number of carbonyl (C=O) groups is 1. The second-order valence-corrected chi connectivity index (χ2v) is 10.0. The first-order chi connectivity index (χ1) is 17.7. The molecule has 214 valence electrons. The van der Waals surface area contributed by atoms with Crippen molar-refractivity contribution in [3.63, 3.8) is 0 Å². The Labute approximate surface area is 213 Å². The number of ketones is 1. The molecule has 0 radical (unpaired) electrons. The molecular formula is C24H29F8N3O3. The molecule has 0 aliphatic carbocycles. The Kier molecular flexibility index (Phi) is 8.39. The van der Waals surface area contributed by atoms with Crippen molar-refractivity contribution < 1.29 is 49.4 Å². The lowest BCUT2D eigenvalue weighted by atomic mass is 9.81. The molecule has 0 aromatic heterocycles. The Morgan fingerprint density at radius 1 is 0.974 bits per heavy atom. The first-order valence-corrected chi connectivity index (χ1v) is 12.4. The molecule has 6 atom stereocenters. The van der Waals surface area contributed by atoms with Crippen molar-refractivity contribution in [1.29, 1.82) is 0 Å². The summed E-state index contributed by atoms with van der Waals surface area (Å²) in [6.07, 6.45) is -17.7. The quantitative estimate of drug-likeness (QED) is 0.465. The molecule has 5 unspecified atom stereocenters. The van der Waals surface area contributed by atoms with Gasteiger partial charge < -0.3 is 14.8 Å². The zero-order valence-corrected chi connectivity index (χ0v) is 20.2. The standard InChI is InChI=1S/C24H29F8N3O3/c25-22(26)11-4-7-15(36)10-12-21(24(30,31)32,37-13-14-5-2-1-3-6-14)20-35-34-19(38-20)17-9-8-16(18(22)33-17)23(27,28)29/h1-3,5-6,16-20,33-35H,4,7-13H2/t16?,17?,18?,19?,20?,21-/m1/s1. The van der Waals surface area contributed by atoms with E-state index in [9.17, 15) is 31.1 Å². The highest BCUT2D eigenvalue weighted by Crippen LogP contribution is 2.46. The van der Waals surface area contributed by atoms with E-state index < -0.39 is 105 Å². The fraction of sp³-hybridized carbons (Fsp3) is 0.708. The molecule has 0 spiro atoms. The average Bonchev–Trinajstić information content (AvgIpc) is 3.33. The number of alkyl halides is 8. The van der Waals surface area contributed by atoms with Crippen molar-refractivity contribution in [2.24, 2.45) is 5.92 Å². The zero-order valence-electron chi connectivity index (χ0n) is 20.2. The van der Waals surface area contributed by atoms with Crippen LogP contribution in [0.5, 0.6) is 0 Å². The van der Waals surface area contributed by atoms with E-state index in [-0.39, 0.29) is 6.42 Å². The molecule has 4 bridgehead atoms. The molecule has 1 aromatic rings. The number of halogens is 8. The fourth-order valence-electron chi connectivity index (χ4n) is 5.32. The Morgan fingerprint density at radius 3 is 2.34 bits per heavy atom. The number of nitrogens with one attached hydrogen (secondary N) is 3. The van der Waals surface area contributed by atoms with E-state index in [2.05, 4.69) is 16.2 Å². The van der Waals surface area contributed by atoms with Crippen LogP contribution in [-0.4, -0.2) is 54.2 Å². The van der Waals surface area contributed by atoms with Gasteiger partial charge in [0.05, 0.1) is 18.6 Å². The predicted molar refractivity (Wildman–Crippen MR) is 117 cm³/mol. The molecule has 3 N–H and O–H groups in total. The van der Waals surface area contributed by atoms with Crippen molar-refractivity contribution in [1.82, 2.24) is 16.2 Å². The lowest BCUT2D eigenvalue weighted by molar-refractivity contribution is -0.320. The molecule has 0 amide bonds. The third-order valence-corrected chi connectivity index (χ3v) is 7.45.